The molecule has 0 amide bonds. The van der Waals surface area contributed by atoms with Crippen LogP contribution in [0.5, 0.6) is 5.75 Å². The highest BCUT2D eigenvalue weighted by Crippen LogP contribution is 2.16. The number of hydrogen-bond donors (Lipinski definition) is 2. The number of nitrogens with one attached hydrogen (secondary N) is 2. The van der Waals surface area contributed by atoms with Crippen molar-refractivity contribution in [3.63, 3.8) is 0 Å². The van der Waals surface area contributed by atoms with E-state index in [0.717, 1.165) is 30.4 Å². The van der Waals surface area contributed by atoms with Crippen molar-refractivity contribution in [3.8, 4) is 5.75 Å². The van der Waals surface area contributed by atoms with Crippen LogP contribution in [0.3, 0.4) is 0 Å². The van der Waals surface area contributed by atoms with E-state index in [1.54, 1.807) is 14.2 Å². The summed E-state index contributed by atoms with van der Waals surface area (Å²) >= 11 is 0. The van der Waals surface area contributed by atoms with E-state index >= 15 is 0 Å². The van der Waals surface area contributed by atoms with Crippen molar-refractivity contribution in [2.75, 3.05) is 45.8 Å². The summed E-state index contributed by atoms with van der Waals surface area (Å²) in [6.07, 6.45) is 1.08. The van der Waals surface area contributed by atoms with Crippen LogP contribution in [0.25, 0.3) is 0 Å². The van der Waals surface area contributed by atoms with Crippen LogP contribution < -0.4 is 15.4 Å². The monoisotopic (exact) mass is 323 g/mol. The van der Waals surface area contributed by atoms with Crippen molar-refractivity contribution in [1.29, 1.82) is 0 Å². The molecule has 1 rings (SSSR count). The minimum atomic E-state index is 0.175. The van der Waals surface area contributed by atoms with Crippen molar-refractivity contribution in [2.24, 2.45) is 4.99 Å². The van der Waals surface area contributed by atoms with Gasteiger partial charge in [-0.05, 0) is 44.5 Å². The Morgan fingerprint density at radius 2 is 1.87 bits per heavy atom. The number of ether oxygens (including phenoxy) is 3. The van der Waals surface area contributed by atoms with Crippen LogP contribution >= 0.6 is 0 Å². The molecule has 1 aromatic rings. The number of anilines is 1. The van der Waals surface area contributed by atoms with E-state index in [1.807, 2.05) is 38.1 Å². The van der Waals surface area contributed by atoms with Crippen molar-refractivity contribution < 1.29 is 14.2 Å². The molecule has 0 saturated heterocycles. The summed E-state index contributed by atoms with van der Waals surface area (Å²) in [7, 11) is 3.42. The topological polar surface area (TPSA) is 64.1 Å². The maximum absolute atomic E-state index is 5.62. The largest absolute Gasteiger partial charge is 0.491 e. The molecule has 23 heavy (non-hydrogen) atoms. The van der Waals surface area contributed by atoms with Crippen molar-refractivity contribution in [3.05, 3.63) is 24.3 Å². The molecule has 130 valence electrons. The molecule has 0 aliphatic heterocycles. The number of nitrogens with zero attached hydrogens (tertiary/aromatic N) is 1. The molecule has 0 bridgehead atoms. The number of hydrogen-bond acceptors (Lipinski definition) is 4. The minimum absolute atomic E-state index is 0.175. The molecule has 0 unspecified atom stereocenters. The molecule has 0 spiro atoms. The normalized spacial score (nSPS) is 11.6. The average molecular weight is 323 g/mol. The third kappa shape index (κ3) is 9.05. The van der Waals surface area contributed by atoms with E-state index in [1.165, 1.54) is 0 Å². The first-order chi connectivity index (χ1) is 11.2. The lowest BCUT2D eigenvalue weighted by molar-refractivity contribution is 0.0699. The summed E-state index contributed by atoms with van der Waals surface area (Å²) in [6, 6.07) is 7.83. The molecular weight excluding hydrogens is 294 g/mol. The van der Waals surface area contributed by atoms with Gasteiger partial charge in [0.2, 0.25) is 0 Å². The highest BCUT2D eigenvalue weighted by molar-refractivity contribution is 5.93. The number of guanidine groups is 1. The molecule has 0 aliphatic carbocycles. The van der Waals surface area contributed by atoms with Crippen LogP contribution in [0.1, 0.15) is 20.3 Å². The summed E-state index contributed by atoms with van der Waals surface area (Å²) in [5.41, 5.74) is 0.963. The van der Waals surface area contributed by atoms with Gasteiger partial charge in [-0.1, -0.05) is 0 Å². The van der Waals surface area contributed by atoms with Crippen LogP contribution in [0.2, 0.25) is 0 Å². The van der Waals surface area contributed by atoms with E-state index in [9.17, 15) is 0 Å². The van der Waals surface area contributed by atoms with Crippen LogP contribution in [-0.4, -0.2) is 52.6 Å². The first-order valence-electron chi connectivity index (χ1n) is 7.96. The third-order valence-corrected chi connectivity index (χ3v) is 2.90. The van der Waals surface area contributed by atoms with Gasteiger partial charge in [-0.15, -0.1) is 0 Å². The summed E-state index contributed by atoms with van der Waals surface area (Å²) < 4.78 is 16.0. The van der Waals surface area contributed by atoms with E-state index in [2.05, 4.69) is 15.6 Å². The summed E-state index contributed by atoms with van der Waals surface area (Å²) in [5.74, 6) is 1.60. The Labute approximate surface area is 139 Å². The minimum Gasteiger partial charge on any atom is -0.491 e. The van der Waals surface area contributed by atoms with Crippen LogP contribution in [-0.2, 0) is 9.47 Å². The molecule has 0 radical (unpaired) electrons. The fraction of sp³-hybridized carbons (Fsp3) is 0.588. The van der Waals surface area contributed by atoms with Crippen LogP contribution in [0.15, 0.2) is 29.3 Å². The van der Waals surface area contributed by atoms with Gasteiger partial charge >= 0.3 is 0 Å². The van der Waals surface area contributed by atoms with Crippen molar-refractivity contribution in [1.82, 2.24) is 5.32 Å². The Bertz CT molecular complexity index is 447. The van der Waals surface area contributed by atoms with E-state index in [4.69, 9.17) is 14.2 Å². The Hall–Kier alpha value is -1.79. The van der Waals surface area contributed by atoms with Crippen LogP contribution in [0.4, 0.5) is 5.69 Å². The molecule has 0 aliphatic rings. The van der Waals surface area contributed by atoms with Gasteiger partial charge in [0.15, 0.2) is 5.96 Å². The van der Waals surface area contributed by atoms with Crippen molar-refractivity contribution >= 4 is 11.6 Å². The molecule has 0 heterocycles. The van der Waals surface area contributed by atoms with Gasteiger partial charge in [-0.2, -0.15) is 0 Å². The SMILES string of the molecule is CN=C(NCCCOCCOC)Nc1ccc(OC(C)C)cc1. The van der Waals surface area contributed by atoms with Crippen molar-refractivity contribution in [2.45, 2.75) is 26.4 Å². The van der Waals surface area contributed by atoms with Gasteiger partial charge in [0.1, 0.15) is 5.75 Å². The first-order valence-corrected chi connectivity index (χ1v) is 7.96. The molecule has 1 aromatic carbocycles. The van der Waals surface area contributed by atoms with Gasteiger partial charge in [0.05, 0.1) is 19.3 Å². The lowest BCUT2D eigenvalue weighted by Crippen LogP contribution is -2.32. The molecule has 6 heteroatoms. The summed E-state index contributed by atoms with van der Waals surface area (Å²) in [6.45, 7) is 6.78. The summed E-state index contributed by atoms with van der Waals surface area (Å²) in [5, 5.41) is 6.49. The zero-order chi connectivity index (χ0) is 16.9. The molecule has 0 fully saturated rings. The fourth-order valence-corrected chi connectivity index (χ4v) is 1.83. The third-order valence-electron chi connectivity index (χ3n) is 2.90. The second-order valence-electron chi connectivity index (χ2n) is 5.27. The fourth-order valence-electron chi connectivity index (χ4n) is 1.83. The van der Waals surface area contributed by atoms with E-state index < -0.39 is 0 Å². The molecule has 0 atom stereocenters. The number of benzene rings is 1. The number of methoxy groups -OCH3 is 1. The maximum atomic E-state index is 5.62. The Balaban J connectivity index is 2.27. The molecule has 0 aromatic heterocycles. The van der Waals surface area contributed by atoms with Gasteiger partial charge in [-0.3, -0.25) is 4.99 Å². The zero-order valence-corrected chi connectivity index (χ0v) is 14.6. The predicted molar refractivity (Wildman–Crippen MR) is 94.5 cm³/mol. The van der Waals surface area contributed by atoms with Crippen LogP contribution in [0, 0.1) is 0 Å². The smallest absolute Gasteiger partial charge is 0.195 e. The first kappa shape index (κ1) is 19.3. The average Bonchev–Trinajstić information content (AvgIpc) is 2.54. The highest BCUT2D eigenvalue weighted by atomic mass is 16.5. The lowest BCUT2D eigenvalue weighted by Gasteiger charge is -2.13. The Morgan fingerprint density at radius 1 is 1.13 bits per heavy atom. The summed E-state index contributed by atoms with van der Waals surface area (Å²) in [4.78, 5) is 4.20. The van der Waals surface area contributed by atoms with Gasteiger partial charge in [0, 0.05) is 33.0 Å². The predicted octanol–water partition coefficient (Wildman–Crippen LogP) is 2.51. The Kier molecular flexibility index (Phi) is 9.83. The second-order valence-corrected chi connectivity index (χ2v) is 5.27. The van der Waals surface area contributed by atoms with Gasteiger partial charge < -0.3 is 24.8 Å². The Morgan fingerprint density at radius 3 is 2.48 bits per heavy atom. The molecule has 6 nitrogen and oxygen atoms in total. The molecule has 2 N–H and O–H groups in total. The highest BCUT2D eigenvalue weighted by Gasteiger charge is 2.01. The standard InChI is InChI=1S/C17H29N3O3/c1-14(2)23-16-8-6-15(7-9-16)20-17(18-3)19-10-5-11-22-13-12-21-4/h6-9,14H,5,10-13H2,1-4H3,(H2,18,19,20). The maximum Gasteiger partial charge on any atom is 0.195 e. The second kappa shape index (κ2) is 11.7. The number of aliphatic imine (C=N–C) groups is 1. The van der Waals surface area contributed by atoms with E-state index in [0.29, 0.717) is 19.8 Å². The van der Waals surface area contributed by atoms with Gasteiger partial charge in [0.25, 0.3) is 0 Å². The molecule has 0 saturated carbocycles. The quantitative estimate of drug-likeness (QED) is 0.393. The lowest BCUT2D eigenvalue weighted by atomic mass is 10.3. The van der Waals surface area contributed by atoms with E-state index in [-0.39, 0.29) is 6.10 Å². The zero-order valence-electron chi connectivity index (χ0n) is 14.6. The molecular formula is C17H29N3O3. The van der Waals surface area contributed by atoms with Gasteiger partial charge in [-0.25, -0.2) is 0 Å². The number of rotatable bonds is 10.